The smallest absolute Gasteiger partial charge is 0.289 e. The molecule has 23 heavy (non-hydrogen) atoms. The topological polar surface area (TPSA) is 61.1 Å². The van der Waals surface area contributed by atoms with Gasteiger partial charge in [0.25, 0.3) is 5.91 Å². The van der Waals surface area contributed by atoms with E-state index in [-0.39, 0.29) is 5.91 Å². The van der Waals surface area contributed by atoms with Gasteiger partial charge in [0.05, 0.1) is 6.26 Å². The minimum absolute atomic E-state index is 0.0228. The average Bonchev–Trinajstić information content (AvgIpc) is 3.24. The maximum absolute atomic E-state index is 12.3. The summed E-state index contributed by atoms with van der Waals surface area (Å²) in [7, 11) is 0. The van der Waals surface area contributed by atoms with E-state index in [1.165, 1.54) is 19.3 Å². The van der Waals surface area contributed by atoms with Crippen LogP contribution in [0.1, 0.15) is 36.7 Å². The molecule has 0 atom stereocenters. The zero-order valence-corrected chi connectivity index (χ0v) is 13.8. The molecule has 1 aromatic heterocycles. The standard InChI is InChI=1S/C17H26N4O2/c1-2-18-17(19-8-7-14-5-6-14)21-11-9-20(10-12-21)16(22)15-4-3-13-23-15/h3-4,13-14H,2,5-12H2,1H3,(H,18,19). The highest BCUT2D eigenvalue weighted by Crippen LogP contribution is 2.32. The van der Waals surface area contributed by atoms with E-state index in [1.54, 1.807) is 18.4 Å². The summed E-state index contributed by atoms with van der Waals surface area (Å²) in [5.74, 6) is 2.29. The number of nitrogens with zero attached hydrogens (tertiary/aromatic N) is 3. The quantitative estimate of drug-likeness (QED) is 0.664. The van der Waals surface area contributed by atoms with E-state index >= 15 is 0 Å². The van der Waals surface area contributed by atoms with Gasteiger partial charge in [-0.1, -0.05) is 12.8 Å². The van der Waals surface area contributed by atoms with Crippen molar-refractivity contribution < 1.29 is 9.21 Å². The fourth-order valence-corrected chi connectivity index (χ4v) is 2.86. The fourth-order valence-electron chi connectivity index (χ4n) is 2.86. The molecular weight excluding hydrogens is 292 g/mol. The molecule has 2 fully saturated rings. The van der Waals surface area contributed by atoms with Crippen molar-refractivity contribution in [2.45, 2.75) is 26.2 Å². The van der Waals surface area contributed by atoms with Crippen molar-refractivity contribution in [2.24, 2.45) is 10.9 Å². The predicted molar refractivity (Wildman–Crippen MR) is 89.5 cm³/mol. The van der Waals surface area contributed by atoms with E-state index in [1.807, 2.05) is 4.90 Å². The van der Waals surface area contributed by atoms with Crippen LogP contribution in [0.3, 0.4) is 0 Å². The molecule has 0 aromatic carbocycles. The minimum atomic E-state index is -0.0228. The number of furan rings is 1. The van der Waals surface area contributed by atoms with Gasteiger partial charge >= 0.3 is 0 Å². The number of amides is 1. The van der Waals surface area contributed by atoms with Crippen LogP contribution in [0.2, 0.25) is 0 Å². The molecule has 1 saturated heterocycles. The molecule has 1 aromatic rings. The second-order valence-corrected chi connectivity index (χ2v) is 6.22. The number of hydrogen-bond acceptors (Lipinski definition) is 3. The Balaban J connectivity index is 1.52. The summed E-state index contributed by atoms with van der Waals surface area (Å²) in [5, 5.41) is 3.37. The Bertz CT molecular complexity index is 529. The minimum Gasteiger partial charge on any atom is -0.459 e. The monoisotopic (exact) mass is 318 g/mol. The SMILES string of the molecule is CCNC(=NCCC1CC1)N1CCN(C(=O)c2ccco2)CC1. The summed E-state index contributed by atoms with van der Waals surface area (Å²) in [6, 6.07) is 3.47. The number of guanidine groups is 1. The summed E-state index contributed by atoms with van der Waals surface area (Å²) in [5.41, 5.74) is 0. The molecule has 0 bridgehead atoms. The van der Waals surface area contributed by atoms with Crippen LogP contribution in [-0.4, -0.2) is 60.9 Å². The molecule has 0 radical (unpaired) electrons. The van der Waals surface area contributed by atoms with Gasteiger partial charge in [-0.25, -0.2) is 0 Å². The maximum Gasteiger partial charge on any atom is 0.289 e. The Hall–Kier alpha value is -1.98. The summed E-state index contributed by atoms with van der Waals surface area (Å²) < 4.78 is 5.20. The van der Waals surface area contributed by atoms with Crippen LogP contribution in [0.25, 0.3) is 0 Å². The highest BCUT2D eigenvalue weighted by molar-refractivity contribution is 5.91. The molecule has 126 valence electrons. The van der Waals surface area contributed by atoms with Gasteiger partial charge in [-0.3, -0.25) is 9.79 Å². The molecule has 1 aliphatic heterocycles. The zero-order chi connectivity index (χ0) is 16.1. The number of carbonyl (C=O) groups excluding carboxylic acids is 1. The van der Waals surface area contributed by atoms with Crippen molar-refractivity contribution in [3.63, 3.8) is 0 Å². The molecule has 1 N–H and O–H groups in total. The first-order chi connectivity index (χ1) is 11.3. The highest BCUT2D eigenvalue weighted by atomic mass is 16.3. The predicted octanol–water partition coefficient (Wildman–Crippen LogP) is 1.80. The molecule has 2 heterocycles. The first-order valence-corrected chi connectivity index (χ1v) is 8.64. The third-order valence-electron chi connectivity index (χ3n) is 4.43. The van der Waals surface area contributed by atoms with Crippen molar-refractivity contribution in [2.75, 3.05) is 39.3 Å². The lowest BCUT2D eigenvalue weighted by Crippen LogP contribution is -2.53. The third-order valence-corrected chi connectivity index (χ3v) is 4.43. The van der Waals surface area contributed by atoms with Crippen LogP contribution in [0.5, 0.6) is 0 Å². The van der Waals surface area contributed by atoms with Crippen LogP contribution in [0.4, 0.5) is 0 Å². The number of rotatable bonds is 5. The van der Waals surface area contributed by atoms with Crippen LogP contribution < -0.4 is 5.32 Å². The normalized spacial score (nSPS) is 19.1. The van der Waals surface area contributed by atoms with Gasteiger partial charge in [0.1, 0.15) is 0 Å². The largest absolute Gasteiger partial charge is 0.459 e. The maximum atomic E-state index is 12.3. The Morgan fingerprint density at radius 3 is 2.65 bits per heavy atom. The Kier molecular flexibility index (Phi) is 5.20. The Labute approximate surface area is 137 Å². The van der Waals surface area contributed by atoms with E-state index in [9.17, 15) is 4.79 Å². The van der Waals surface area contributed by atoms with E-state index in [4.69, 9.17) is 9.41 Å². The zero-order valence-electron chi connectivity index (χ0n) is 13.8. The number of nitrogens with one attached hydrogen (secondary N) is 1. The summed E-state index contributed by atoms with van der Waals surface area (Å²) in [6.07, 6.45) is 5.49. The van der Waals surface area contributed by atoms with Crippen LogP contribution in [-0.2, 0) is 0 Å². The second-order valence-electron chi connectivity index (χ2n) is 6.22. The molecule has 0 unspecified atom stereocenters. The first-order valence-electron chi connectivity index (χ1n) is 8.64. The van der Waals surface area contributed by atoms with E-state index in [0.717, 1.165) is 38.1 Å². The first kappa shape index (κ1) is 15.9. The molecule has 1 saturated carbocycles. The van der Waals surface area contributed by atoms with Crippen LogP contribution in [0.15, 0.2) is 27.8 Å². The molecular formula is C17H26N4O2. The molecule has 3 rings (SSSR count). The van der Waals surface area contributed by atoms with Crippen molar-refractivity contribution in [3.05, 3.63) is 24.2 Å². The molecule has 6 nitrogen and oxygen atoms in total. The van der Waals surface area contributed by atoms with Crippen molar-refractivity contribution >= 4 is 11.9 Å². The van der Waals surface area contributed by atoms with Gasteiger partial charge in [-0.05, 0) is 31.4 Å². The number of aliphatic imine (C=N–C) groups is 1. The molecule has 1 amide bonds. The lowest BCUT2D eigenvalue weighted by Gasteiger charge is -2.36. The van der Waals surface area contributed by atoms with Gasteiger partial charge in [0.2, 0.25) is 0 Å². The van der Waals surface area contributed by atoms with E-state index in [2.05, 4.69) is 17.1 Å². The molecule has 6 heteroatoms. The van der Waals surface area contributed by atoms with Crippen LogP contribution in [0, 0.1) is 5.92 Å². The lowest BCUT2D eigenvalue weighted by atomic mass is 10.3. The van der Waals surface area contributed by atoms with Gasteiger partial charge in [-0.2, -0.15) is 0 Å². The fraction of sp³-hybridized carbons (Fsp3) is 0.647. The third kappa shape index (κ3) is 4.27. The molecule has 1 aliphatic carbocycles. The summed E-state index contributed by atoms with van der Waals surface area (Å²) in [4.78, 5) is 21.1. The van der Waals surface area contributed by atoms with Gasteiger partial charge in [-0.15, -0.1) is 0 Å². The van der Waals surface area contributed by atoms with Crippen molar-refractivity contribution in [1.29, 1.82) is 0 Å². The van der Waals surface area contributed by atoms with Gasteiger partial charge in [0, 0.05) is 39.3 Å². The van der Waals surface area contributed by atoms with Crippen molar-refractivity contribution in [1.82, 2.24) is 15.1 Å². The highest BCUT2D eigenvalue weighted by Gasteiger charge is 2.25. The lowest BCUT2D eigenvalue weighted by molar-refractivity contribution is 0.0657. The number of piperazine rings is 1. The van der Waals surface area contributed by atoms with Crippen molar-refractivity contribution in [3.8, 4) is 0 Å². The van der Waals surface area contributed by atoms with E-state index < -0.39 is 0 Å². The summed E-state index contributed by atoms with van der Waals surface area (Å²) in [6.45, 7) is 6.88. The van der Waals surface area contributed by atoms with E-state index in [0.29, 0.717) is 18.8 Å². The van der Waals surface area contributed by atoms with Gasteiger partial charge < -0.3 is 19.5 Å². The molecule has 0 spiro atoms. The average molecular weight is 318 g/mol. The Morgan fingerprint density at radius 1 is 1.30 bits per heavy atom. The number of hydrogen-bond donors (Lipinski definition) is 1. The number of carbonyl (C=O) groups is 1. The summed E-state index contributed by atoms with van der Waals surface area (Å²) >= 11 is 0. The molecule has 2 aliphatic rings. The van der Waals surface area contributed by atoms with Crippen LogP contribution >= 0.6 is 0 Å². The Morgan fingerprint density at radius 2 is 2.04 bits per heavy atom. The second kappa shape index (κ2) is 7.53. The van der Waals surface area contributed by atoms with Gasteiger partial charge in [0.15, 0.2) is 11.7 Å².